The lowest BCUT2D eigenvalue weighted by Crippen LogP contribution is -2.55. The van der Waals surface area contributed by atoms with Gasteiger partial charge in [0.15, 0.2) is 0 Å². The van der Waals surface area contributed by atoms with Crippen LogP contribution in [0.2, 0.25) is 0 Å². The van der Waals surface area contributed by atoms with Crippen LogP contribution in [0.4, 0.5) is 8.78 Å². The predicted octanol–water partition coefficient (Wildman–Crippen LogP) is 3.95. The second-order valence-electron chi connectivity index (χ2n) is 10.5. The summed E-state index contributed by atoms with van der Waals surface area (Å²) in [5, 5.41) is 5.34. The molecule has 9 heteroatoms. The van der Waals surface area contributed by atoms with Crippen LogP contribution in [0.25, 0.3) is 0 Å². The molecule has 2 fully saturated rings. The fourth-order valence-corrected chi connectivity index (χ4v) is 5.22. The number of ketones is 2. The van der Waals surface area contributed by atoms with E-state index in [0.29, 0.717) is 18.5 Å². The van der Waals surface area contributed by atoms with E-state index in [1.165, 1.54) is 0 Å². The molecule has 0 bridgehead atoms. The normalized spacial score (nSPS) is 19.0. The van der Waals surface area contributed by atoms with E-state index in [2.05, 4.69) is 15.6 Å². The van der Waals surface area contributed by atoms with Crippen LogP contribution in [0.3, 0.4) is 0 Å². The van der Waals surface area contributed by atoms with Gasteiger partial charge < -0.3 is 10.6 Å². The molecule has 7 nitrogen and oxygen atoms in total. The van der Waals surface area contributed by atoms with Gasteiger partial charge in [0.25, 0.3) is 5.91 Å². The van der Waals surface area contributed by atoms with E-state index in [-0.39, 0.29) is 50.9 Å². The van der Waals surface area contributed by atoms with Crippen molar-refractivity contribution in [3.8, 4) is 0 Å². The zero-order valence-electron chi connectivity index (χ0n) is 21.3. The predicted molar refractivity (Wildman–Crippen MR) is 136 cm³/mol. The Labute approximate surface area is 220 Å². The van der Waals surface area contributed by atoms with Crippen molar-refractivity contribution in [1.82, 2.24) is 15.6 Å². The number of aromatic nitrogens is 1. The topological polar surface area (TPSA) is 105 Å². The van der Waals surface area contributed by atoms with Crippen molar-refractivity contribution in [2.45, 2.75) is 76.3 Å². The van der Waals surface area contributed by atoms with Crippen molar-refractivity contribution in [3.63, 3.8) is 0 Å². The summed E-state index contributed by atoms with van der Waals surface area (Å²) in [6.45, 7) is 0.0658. The zero-order chi connectivity index (χ0) is 27.2. The average Bonchev–Trinajstić information content (AvgIpc) is 2.89. The molecule has 0 unspecified atom stereocenters. The average molecular weight is 526 g/mol. The van der Waals surface area contributed by atoms with E-state index >= 15 is 0 Å². The molecule has 0 aliphatic heterocycles. The standard InChI is InChI=1S/C29H33F2N3O4/c30-29(31)14-10-21(11-15-29)24(35)18-28(12-6-13-28)27(38)34-23(17-20-7-2-1-3-8-20)25(36)26(37)33-19-22-9-4-5-16-32-22/h1-5,7-9,16,21,23H,6,10-15,17-19H2,(H,33,37)(H,34,38)/t23-/m1/s1. The molecule has 38 heavy (non-hydrogen) atoms. The molecule has 2 aliphatic rings. The van der Waals surface area contributed by atoms with E-state index in [4.69, 9.17) is 0 Å². The fraction of sp³-hybridized carbons (Fsp3) is 0.483. The van der Waals surface area contributed by atoms with Gasteiger partial charge in [0, 0.05) is 37.8 Å². The van der Waals surface area contributed by atoms with Crippen molar-refractivity contribution >= 4 is 23.4 Å². The molecular formula is C29H33F2N3O4. The maximum atomic E-state index is 13.6. The first-order chi connectivity index (χ1) is 18.2. The van der Waals surface area contributed by atoms with Crippen LogP contribution >= 0.6 is 0 Å². The van der Waals surface area contributed by atoms with E-state index in [9.17, 15) is 28.0 Å². The maximum Gasteiger partial charge on any atom is 0.289 e. The number of Topliss-reactive ketones (excluding diaryl/α,β-unsaturated/α-hetero) is 2. The number of nitrogens with one attached hydrogen (secondary N) is 2. The first-order valence-electron chi connectivity index (χ1n) is 13.1. The summed E-state index contributed by atoms with van der Waals surface area (Å²) in [5.74, 6) is -5.43. The Balaban J connectivity index is 1.43. The van der Waals surface area contributed by atoms with Crippen LogP contribution in [0, 0.1) is 11.3 Å². The Morgan fingerprint density at radius 3 is 2.24 bits per heavy atom. The number of nitrogens with zero attached hydrogens (tertiary/aromatic N) is 1. The highest BCUT2D eigenvalue weighted by Crippen LogP contribution is 2.46. The minimum absolute atomic E-state index is 0.0345. The number of alkyl halides is 2. The molecule has 2 aromatic rings. The highest BCUT2D eigenvalue weighted by molar-refractivity contribution is 6.38. The molecule has 4 rings (SSSR count). The Morgan fingerprint density at radius 1 is 0.947 bits per heavy atom. The number of halogens is 2. The van der Waals surface area contributed by atoms with Gasteiger partial charge >= 0.3 is 0 Å². The Hall–Kier alpha value is -3.49. The van der Waals surface area contributed by atoms with Gasteiger partial charge in [0.05, 0.1) is 17.7 Å². The molecule has 2 N–H and O–H groups in total. The Kier molecular flexibility index (Phi) is 8.64. The van der Waals surface area contributed by atoms with E-state index < -0.39 is 40.9 Å². The maximum absolute atomic E-state index is 13.6. The van der Waals surface area contributed by atoms with Gasteiger partial charge in [0.2, 0.25) is 17.6 Å². The minimum atomic E-state index is -2.73. The van der Waals surface area contributed by atoms with E-state index in [0.717, 1.165) is 12.0 Å². The first-order valence-corrected chi connectivity index (χ1v) is 13.1. The lowest BCUT2D eigenvalue weighted by Gasteiger charge is -2.41. The van der Waals surface area contributed by atoms with Gasteiger partial charge in [-0.05, 0) is 43.4 Å². The number of pyridine rings is 1. The monoisotopic (exact) mass is 525 g/mol. The van der Waals surface area contributed by atoms with Gasteiger partial charge in [-0.25, -0.2) is 8.78 Å². The summed E-state index contributed by atoms with van der Waals surface area (Å²) in [5.41, 5.74) is 0.381. The molecule has 1 atom stereocenters. The molecule has 1 aromatic heterocycles. The summed E-state index contributed by atoms with van der Waals surface area (Å²) in [6.07, 6.45) is 2.98. The van der Waals surface area contributed by atoms with Crippen molar-refractivity contribution in [2.24, 2.45) is 11.3 Å². The zero-order valence-corrected chi connectivity index (χ0v) is 21.3. The third-order valence-electron chi connectivity index (χ3n) is 7.76. The van der Waals surface area contributed by atoms with Crippen molar-refractivity contribution < 1.29 is 28.0 Å². The second-order valence-corrected chi connectivity index (χ2v) is 10.5. The van der Waals surface area contributed by atoms with Crippen LogP contribution in [0.15, 0.2) is 54.7 Å². The van der Waals surface area contributed by atoms with Crippen molar-refractivity contribution in [2.75, 3.05) is 0 Å². The molecular weight excluding hydrogens is 492 g/mol. The van der Waals surface area contributed by atoms with Crippen LogP contribution < -0.4 is 10.6 Å². The first kappa shape index (κ1) is 27.5. The van der Waals surface area contributed by atoms with Gasteiger partial charge in [0.1, 0.15) is 11.8 Å². The Bertz CT molecular complexity index is 1140. The summed E-state index contributed by atoms with van der Waals surface area (Å²) >= 11 is 0. The van der Waals surface area contributed by atoms with Gasteiger partial charge in [-0.1, -0.05) is 42.8 Å². The molecule has 2 saturated carbocycles. The summed E-state index contributed by atoms with van der Waals surface area (Å²) < 4.78 is 27.1. The molecule has 0 saturated heterocycles. The minimum Gasteiger partial charge on any atom is -0.345 e. The third-order valence-corrected chi connectivity index (χ3v) is 7.76. The van der Waals surface area contributed by atoms with Gasteiger partial charge in [-0.3, -0.25) is 24.2 Å². The van der Waals surface area contributed by atoms with Crippen LogP contribution in [-0.4, -0.2) is 40.3 Å². The number of hydrogen-bond donors (Lipinski definition) is 2. The summed E-state index contributed by atoms with van der Waals surface area (Å²) in [7, 11) is 0. The molecule has 1 aromatic carbocycles. The van der Waals surface area contributed by atoms with Crippen molar-refractivity contribution in [3.05, 3.63) is 66.0 Å². The van der Waals surface area contributed by atoms with Crippen LogP contribution in [0.1, 0.15) is 62.6 Å². The van der Waals surface area contributed by atoms with Gasteiger partial charge in [-0.2, -0.15) is 0 Å². The largest absolute Gasteiger partial charge is 0.345 e. The van der Waals surface area contributed by atoms with Crippen LogP contribution in [-0.2, 0) is 32.1 Å². The SMILES string of the molecule is O=C(NCc1ccccn1)C(=O)[C@@H](Cc1ccccc1)NC(=O)C1(CC(=O)C2CCC(F)(F)CC2)CCC1. The van der Waals surface area contributed by atoms with Crippen LogP contribution in [0.5, 0.6) is 0 Å². The number of amides is 2. The number of carbonyl (C=O) groups excluding carboxylic acids is 4. The quantitative estimate of drug-likeness (QED) is 0.433. The second kappa shape index (κ2) is 11.9. The molecule has 202 valence electrons. The summed E-state index contributed by atoms with van der Waals surface area (Å²) in [6, 6.07) is 13.2. The Morgan fingerprint density at radius 2 is 1.63 bits per heavy atom. The molecule has 2 amide bonds. The lowest BCUT2D eigenvalue weighted by atomic mass is 9.63. The molecule has 2 aliphatic carbocycles. The number of benzene rings is 1. The molecule has 1 heterocycles. The van der Waals surface area contributed by atoms with E-state index in [1.54, 1.807) is 48.7 Å². The van der Waals surface area contributed by atoms with Gasteiger partial charge in [-0.15, -0.1) is 0 Å². The lowest BCUT2D eigenvalue weighted by molar-refractivity contribution is -0.146. The smallest absolute Gasteiger partial charge is 0.289 e. The molecule has 0 radical (unpaired) electrons. The number of rotatable bonds is 11. The summed E-state index contributed by atoms with van der Waals surface area (Å²) in [4.78, 5) is 56.6. The number of carbonyl (C=O) groups is 4. The highest BCUT2D eigenvalue weighted by atomic mass is 19.3. The fourth-order valence-electron chi connectivity index (χ4n) is 5.22. The van der Waals surface area contributed by atoms with Crippen molar-refractivity contribution in [1.29, 1.82) is 0 Å². The third kappa shape index (κ3) is 6.88. The number of hydrogen-bond acceptors (Lipinski definition) is 5. The van der Waals surface area contributed by atoms with E-state index in [1.807, 2.05) is 6.07 Å². The molecule has 0 spiro atoms. The highest BCUT2D eigenvalue weighted by Gasteiger charge is 2.48.